The lowest BCUT2D eigenvalue weighted by Crippen LogP contribution is -2.14. The first-order valence-corrected chi connectivity index (χ1v) is 23.2. The van der Waals surface area contributed by atoms with Crippen molar-refractivity contribution in [1.29, 1.82) is 0 Å². The molecule has 11 aromatic rings. The van der Waals surface area contributed by atoms with E-state index in [-0.39, 0.29) is 0 Å². The van der Waals surface area contributed by atoms with Crippen LogP contribution in [0.1, 0.15) is 29.5 Å². The van der Waals surface area contributed by atoms with E-state index in [1.165, 1.54) is 38.6 Å². The molecule has 5 nitrogen and oxygen atoms in total. The van der Waals surface area contributed by atoms with Crippen LogP contribution in [0.3, 0.4) is 0 Å². The quantitative estimate of drug-likeness (QED) is 0.135. The number of benzene rings is 8. The maximum atomic E-state index is 5.11. The molecule has 0 spiro atoms. The van der Waals surface area contributed by atoms with E-state index < -0.39 is 0 Å². The molecule has 0 bridgehead atoms. The molecule has 0 saturated carbocycles. The van der Waals surface area contributed by atoms with Gasteiger partial charge in [0.2, 0.25) is 0 Å². The number of fused-ring (bicyclic) bond motifs is 4. The van der Waals surface area contributed by atoms with Gasteiger partial charge in [-0.2, -0.15) is 9.13 Å². The molecular formula is C62H48N5+. The minimum absolute atomic E-state index is 0.882. The van der Waals surface area contributed by atoms with Crippen LogP contribution in [-0.2, 0) is 0 Å². The monoisotopic (exact) mass is 862 g/mol. The molecule has 0 aliphatic heterocycles. The molecule has 0 unspecified atom stereocenters. The van der Waals surface area contributed by atoms with Crippen molar-refractivity contribution < 1.29 is 0 Å². The Bertz CT molecular complexity index is 3700. The molecule has 0 N–H and O–H groups in total. The Kier molecular flexibility index (Phi) is 10.0. The van der Waals surface area contributed by atoms with Crippen LogP contribution in [-0.4, -0.2) is 18.7 Å². The van der Waals surface area contributed by atoms with Crippen molar-refractivity contribution in [1.82, 2.24) is 18.7 Å². The van der Waals surface area contributed by atoms with Crippen molar-refractivity contribution in [3.8, 4) is 39.4 Å². The average molecular weight is 863 g/mol. The van der Waals surface area contributed by atoms with E-state index >= 15 is 0 Å². The summed E-state index contributed by atoms with van der Waals surface area (Å²) in [6.07, 6.45) is 12.9. The molecule has 0 saturated heterocycles. The molecule has 0 fully saturated rings. The Morgan fingerprint density at radius 2 is 1.15 bits per heavy atom. The standard InChI is InChI=1S/C62H48N5/c1-43-19-16-20-44(2)61(43)47-37-38-63-60(39-47)67-56-32-13-12-29-54(56)55-36-35-51(41-59(55)67)66(62-52(45-21-6-3-7-22-45)30-18-31-53(62)46-23-8-4-9-24-46)50-28-17-27-49(40-50)65-42-64(48-25-10-5-11-26-48)57-33-14-15-34-58(57)65/h3-8,10-23,25-42H,9,24H2,1-2H3/q+1. The fourth-order valence-corrected chi connectivity index (χ4v) is 10.3. The highest BCUT2D eigenvalue weighted by Crippen LogP contribution is 2.48. The first-order chi connectivity index (χ1) is 33.1. The third-order valence-electron chi connectivity index (χ3n) is 13.4. The normalized spacial score (nSPS) is 12.5. The molecule has 0 atom stereocenters. The van der Waals surface area contributed by atoms with Crippen molar-refractivity contribution in [2.24, 2.45) is 0 Å². The van der Waals surface area contributed by atoms with Crippen molar-refractivity contribution in [2.45, 2.75) is 26.7 Å². The minimum atomic E-state index is 0.882. The number of hydrogen-bond acceptors (Lipinski definition) is 2. The Balaban J connectivity index is 1.13. The Morgan fingerprint density at radius 3 is 1.93 bits per heavy atom. The third-order valence-corrected chi connectivity index (χ3v) is 13.4. The summed E-state index contributed by atoms with van der Waals surface area (Å²) in [6.45, 7) is 4.39. The van der Waals surface area contributed by atoms with E-state index in [9.17, 15) is 0 Å². The van der Waals surface area contributed by atoms with Crippen LogP contribution in [0.25, 0.3) is 77.9 Å². The number of para-hydroxylation sites is 5. The molecule has 1 aliphatic rings. The average Bonchev–Trinajstić information content (AvgIpc) is 3.94. The first-order valence-electron chi connectivity index (χ1n) is 23.2. The zero-order valence-electron chi connectivity index (χ0n) is 37.6. The van der Waals surface area contributed by atoms with Crippen molar-refractivity contribution >= 4 is 55.5 Å². The number of hydrogen-bond donors (Lipinski definition) is 0. The molecule has 320 valence electrons. The van der Waals surface area contributed by atoms with Gasteiger partial charge in [0, 0.05) is 52.0 Å². The van der Waals surface area contributed by atoms with Crippen molar-refractivity contribution in [3.63, 3.8) is 0 Å². The number of imidazole rings is 1. The molecule has 67 heavy (non-hydrogen) atoms. The first kappa shape index (κ1) is 40.0. The smallest absolute Gasteiger partial charge is 0.168 e. The number of aryl methyl sites for hydroxylation is 2. The maximum Gasteiger partial charge on any atom is 0.168 e. The van der Waals surface area contributed by atoms with Gasteiger partial charge in [0.1, 0.15) is 17.2 Å². The molecule has 0 radical (unpaired) electrons. The van der Waals surface area contributed by atoms with Gasteiger partial charge in [-0.05, 0) is 115 Å². The number of anilines is 3. The topological polar surface area (TPSA) is 30.9 Å². The SMILES string of the molecule is Cc1cccc(C)c1-c1ccnc(-n2c3ccccc3c3ccc(N(c4cccc(-n5[cH+]n(-c6ccccc6)c6ccccc65)c4)c4c(C5=CC=CCC5)cccc4-c4ccccc4)cc32)c1. The fraction of sp³-hybridized carbons (Fsp3) is 0.0645. The van der Waals surface area contributed by atoms with Crippen LogP contribution in [0.5, 0.6) is 0 Å². The highest BCUT2D eigenvalue weighted by Gasteiger charge is 2.26. The Morgan fingerprint density at radius 1 is 0.507 bits per heavy atom. The molecule has 3 aromatic heterocycles. The number of nitrogens with zero attached hydrogens (tertiary/aromatic N) is 5. The Hall–Kier alpha value is -8.54. The highest BCUT2D eigenvalue weighted by atomic mass is 15.2. The van der Waals surface area contributed by atoms with Gasteiger partial charge in [0.25, 0.3) is 0 Å². The lowest BCUT2D eigenvalue weighted by atomic mass is 9.90. The maximum absolute atomic E-state index is 5.11. The number of aromatic nitrogens is 4. The van der Waals surface area contributed by atoms with E-state index in [4.69, 9.17) is 4.98 Å². The molecule has 3 heterocycles. The molecular weight excluding hydrogens is 815 g/mol. The fourth-order valence-electron chi connectivity index (χ4n) is 10.3. The number of pyridine rings is 1. The molecule has 8 aromatic carbocycles. The summed E-state index contributed by atoms with van der Waals surface area (Å²) in [7, 11) is 0. The van der Waals surface area contributed by atoms with Gasteiger partial charge in [0.15, 0.2) is 17.4 Å². The van der Waals surface area contributed by atoms with Gasteiger partial charge in [-0.1, -0.05) is 146 Å². The summed E-state index contributed by atoms with van der Waals surface area (Å²) in [5.74, 6) is 0.882. The number of allylic oxidation sites excluding steroid dienone is 4. The zero-order chi connectivity index (χ0) is 44.8. The van der Waals surface area contributed by atoms with Gasteiger partial charge in [-0.25, -0.2) is 4.98 Å². The van der Waals surface area contributed by atoms with Crippen LogP contribution in [0, 0.1) is 13.8 Å². The van der Waals surface area contributed by atoms with Crippen LogP contribution >= 0.6 is 0 Å². The second-order valence-corrected chi connectivity index (χ2v) is 17.5. The summed E-state index contributed by atoms with van der Waals surface area (Å²) in [5, 5.41) is 2.36. The van der Waals surface area contributed by atoms with Crippen LogP contribution < -0.4 is 4.90 Å². The van der Waals surface area contributed by atoms with Gasteiger partial charge in [0.05, 0.1) is 22.4 Å². The highest BCUT2D eigenvalue weighted by molar-refractivity contribution is 6.11. The van der Waals surface area contributed by atoms with Crippen LogP contribution in [0.4, 0.5) is 17.1 Å². The lowest BCUT2D eigenvalue weighted by molar-refractivity contribution is 1.01. The summed E-state index contributed by atoms with van der Waals surface area (Å²) >= 11 is 0. The van der Waals surface area contributed by atoms with Gasteiger partial charge < -0.3 is 4.90 Å². The summed E-state index contributed by atoms with van der Waals surface area (Å²) in [5.41, 5.74) is 19.7. The minimum Gasteiger partial charge on any atom is -0.308 e. The second-order valence-electron chi connectivity index (χ2n) is 17.5. The van der Waals surface area contributed by atoms with E-state index in [2.05, 4.69) is 257 Å². The molecule has 0 amide bonds. The van der Waals surface area contributed by atoms with E-state index in [0.717, 1.165) is 85.9 Å². The molecule has 5 heteroatoms. The summed E-state index contributed by atoms with van der Waals surface area (Å²) < 4.78 is 6.95. The van der Waals surface area contributed by atoms with E-state index in [1.807, 2.05) is 6.20 Å². The number of rotatable bonds is 9. The summed E-state index contributed by atoms with van der Waals surface area (Å²) in [6, 6.07) is 72.6. The zero-order valence-corrected chi connectivity index (χ0v) is 37.6. The third kappa shape index (κ3) is 7.04. The van der Waals surface area contributed by atoms with Crippen LogP contribution in [0.2, 0.25) is 0 Å². The Labute approximate surface area is 391 Å². The van der Waals surface area contributed by atoms with Gasteiger partial charge >= 0.3 is 0 Å². The lowest BCUT2D eigenvalue weighted by Gasteiger charge is -2.31. The van der Waals surface area contributed by atoms with Gasteiger partial charge in [-0.3, -0.25) is 4.57 Å². The molecule has 1 aliphatic carbocycles. The predicted molar refractivity (Wildman–Crippen MR) is 281 cm³/mol. The largest absolute Gasteiger partial charge is 0.308 e. The van der Waals surface area contributed by atoms with E-state index in [0.29, 0.717) is 0 Å². The van der Waals surface area contributed by atoms with Gasteiger partial charge in [-0.15, -0.1) is 0 Å². The van der Waals surface area contributed by atoms with E-state index in [1.54, 1.807) is 0 Å². The second kappa shape index (κ2) is 16.8. The predicted octanol–water partition coefficient (Wildman–Crippen LogP) is 16.3. The van der Waals surface area contributed by atoms with Crippen molar-refractivity contribution in [2.75, 3.05) is 4.90 Å². The van der Waals surface area contributed by atoms with Crippen molar-refractivity contribution in [3.05, 3.63) is 248 Å². The summed E-state index contributed by atoms with van der Waals surface area (Å²) in [4.78, 5) is 7.61. The molecule has 12 rings (SSSR count). The van der Waals surface area contributed by atoms with Crippen LogP contribution in [0.15, 0.2) is 231 Å².